The van der Waals surface area contributed by atoms with Crippen LogP contribution in [0.5, 0.6) is 0 Å². The lowest BCUT2D eigenvalue weighted by molar-refractivity contribution is 0.282. The Kier molecular flexibility index (Phi) is 5.28. The van der Waals surface area contributed by atoms with Crippen LogP contribution in [0.3, 0.4) is 0 Å². The first-order valence-electron chi connectivity index (χ1n) is 7.35. The molecule has 1 atom stereocenters. The fourth-order valence-corrected chi connectivity index (χ4v) is 3.76. The Morgan fingerprint density at radius 3 is 2.79 bits per heavy atom. The summed E-state index contributed by atoms with van der Waals surface area (Å²) >= 11 is 1.96. The number of hydrogen-bond acceptors (Lipinski definition) is 5. The highest BCUT2D eigenvalue weighted by Crippen LogP contribution is 2.30. The summed E-state index contributed by atoms with van der Waals surface area (Å²) < 4.78 is 5.32. The number of nitrogens with two attached hydrogens (primary N) is 1. The van der Waals surface area contributed by atoms with Gasteiger partial charge in [0.15, 0.2) is 5.82 Å². The Balaban J connectivity index is 1.86. The van der Waals surface area contributed by atoms with Crippen molar-refractivity contribution in [1.29, 1.82) is 0 Å². The number of nitrogens with zero attached hydrogens (tertiary/aromatic N) is 2. The summed E-state index contributed by atoms with van der Waals surface area (Å²) in [5.74, 6) is 2.21. The zero-order valence-corrected chi connectivity index (χ0v) is 12.8. The maximum Gasteiger partial charge on any atom is 0.246 e. The third-order valence-electron chi connectivity index (χ3n) is 3.73. The van der Waals surface area contributed by atoms with Crippen LogP contribution in [0.25, 0.3) is 0 Å². The molecule has 2 rings (SSSR count). The highest BCUT2D eigenvalue weighted by atomic mass is 32.2. The molecule has 108 valence electrons. The van der Waals surface area contributed by atoms with E-state index in [9.17, 15) is 0 Å². The Morgan fingerprint density at radius 2 is 2.11 bits per heavy atom. The molecule has 0 amide bonds. The first-order chi connectivity index (χ1) is 9.12. The van der Waals surface area contributed by atoms with Crippen molar-refractivity contribution in [3.63, 3.8) is 0 Å². The molecular weight excluding hydrogens is 258 g/mol. The predicted molar refractivity (Wildman–Crippen MR) is 78.9 cm³/mol. The van der Waals surface area contributed by atoms with Gasteiger partial charge in [0.05, 0.1) is 11.3 Å². The summed E-state index contributed by atoms with van der Waals surface area (Å²) in [6.45, 7) is 4.07. The normalized spacial score (nSPS) is 20.4. The molecule has 0 radical (unpaired) electrons. The van der Waals surface area contributed by atoms with E-state index in [4.69, 9.17) is 10.3 Å². The second-order valence-electron chi connectivity index (χ2n) is 5.75. The van der Waals surface area contributed by atoms with Crippen LogP contribution in [0.2, 0.25) is 0 Å². The smallest absolute Gasteiger partial charge is 0.246 e. The van der Waals surface area contributed by atoms with Gasteiger partial charge in [-0.3, -0.25) is 0 Å². The SMILES string of the molecule is CCCC(C)(N)c1nc(CSC2CCCCC2)no1. The molecule has 1 unspecified atom stereocenters. The highest BCUT2D eigenvalue weighted by molar-refractivity contribution is 7.99. The molecule has 1 aromatic heterocycles. The summed E-state index contributed by atoms with van der Waals surface area (Å²) in [5, 5.41) is 4.84. The summed E-state index contributed by atoms with van der Waals surface area (Å²) in [4.78, 5) is 4.46. The third kappa shape index (κ3) is 4.21. The van der Waals surface area contributed by atoms with Gasteiger partial charge in [0, 0.05) is 5.25 Å². The standard InChI is InChI=1S/C14H25N3OS/c1-3-9-14(2,15)13-16-12(17-18-13)10-19-11-7-5-4-6-8-11/h11H,3-10,15H2,1-2H3. The van der Waals surface area contributed by atoms with Crippen LogP contribution in [-0.2, 0) is 11.3 Å². The maximum atomic E-state index is 6.20. The van der Waals surface area contributed by atoms with Crippen LogP contribution < -0.4 is 5.73 Å². The molecule has 0 aromatic carbocycles. The van der Waals surface area contributed by atoms with E-state index in [-0.39, 0.29) is 0 Å². The largest absolute Gasteiger partial charge is 0.337 e. The van der Waals surface area contributed by atoms with Gasteiger partial charge in [-0.05, 0) is 26.2 Å². The molecule has 1 fully saturated rings. The molecule has 4 nitrogen and oxygen atoms in total. The molecule has 0 spiro atoms. The summed E-state index contributed by atoms with van der Waals surface area (Å²) in [7, 11) is 0. The monoisotopic (exact) mass is 283 g/mol. The molecular formula is C14H25N3OS. The fourth-order valence-electron chi connectivity index (χ4n) is 2.60. The maximum absolute atomic E-state index is 6.20. The van der Waals surface area contributed by atoms with Crippen molar-refractivity contribution in [2.45, 2.75) is 75.3 Å². The third-order valence-corrected chi connectivity index (χ3v) is 5.09. The van der Waals surface area contributed by atoms with E-state index in [1.165, 1.54) is 32.1 Å². The summed E-state index contributed by atoms with van der Waals surface area (Å²) in [6.07, 6.45) is 8.68. The quantitative estimate of drug-likeness (QED) is 0.864. The van der Waals surface area contributed by atoms with E-state index < -0.39 is 5.54 Å². The van der Waals surface area contributed by atoms with Crippen LogP contribution in [0.4, 0.5) is 0 Å². The Morgan fingerprint density at radius 1 is 1.37 bits per heavy atom. The molecule has 5 heteroatoms. The minimum Gasteiger partial charge on any atom is -0.337 e. The molecule has 1 saturated carbocycles. The van der Waals surface area contributed by atoms with E-state index >= 15 is 0 Å². The highest BCUT2D eigenvalue weighted by Gasteiger charge is 2.27. The van der Waals surface area contributed by atoms with Crippen LogP contribution in [0.15, 0.2) is 4.52 Å². The molecule has 19 heavy (non-hydrogen) atoms. The molecule has 0 bridgehead atoms. The average molecular weight is 283 g/mol. The summed E-state index contributed by atoms with van der Waals surface area (Å²) in [5.41, 5.74) is 5.71. The molecule has 2 N–H and O–H groups in total. The van der Waals surface area contributed by atoms with Crippen LogP contribution in [0.1, 0.15) is 70.5 Å². The van der Waals surface area contributed by atoms with Gasteiger partial charge < -0.3 is 10.3 Å². The zero-order valence-electron chi connectivity index (χ0n) is 12.0. The van der Waals surface area contributed by atoms with Crippen molar-refractivity contribution in [3.8, 4) is 0 Å². The zero-order chi connectivity index (χ0) is 13.7. The number of rotatable bonds is 6. The molecule has 1 aliphatic rings. The van der Waals surface area contributed by atoms with Crippen LogP contribution in [0, 0.1) is 0 Å². The van der Waals surface area contributed by atoms with Crippen LogP contribution >= 0.6 is 11.8 Å². The lowest BCUT2D eigenvalue weighted by Gasteiger charge is -2.20. The number of thioether (sulfide) groups is 1. The van der Waals surface area contributed by atoms with Gasteiger partial charge in [-0.25, -0.2) is 0 Å². The van der Waals surface area contributed by atoms with Gasteiger partial charge in [0.25, 0.3) is 0 Å². The van der Waals surface area contributed by atoms with Crippen molar-refractivity contribution in [2.24, 2.45) is 5.73 Å². The molecule has 1 aromatic rings. The number of hydrogen-bond donors (Lipinski definition) is 1. The van der Waals surface area contributed by atoms with Crippen molar-refractivity contribution in [2.75, 3.05) is 0 Å². The Hall–Kier alpha value is -0.550. The second-order valence-corrected chi connectivity index (χ2v) is 7.04. The van der Waals surface area contributed by atoms with Crippen molar-refractivity contribution < 1.29 is 4.52 Å². The minimum absolute atomic E-state index is 0.491. The van der Waals surface area contributed by atoms with Gasteiger partial charge in [0.2, 0.25) is 5.89 Å². The first kappa shape index (κ1) is 14.9. The molecule has 0 saturated heterocycles. The lowest BCUT2D eigenvalue weighted by Crippen LogP contribution is -2.33. The number of aromatic nitrogens is 2. The van der Waals surface area contributed by atoms with Crippen molar-refractivity contribution >= 4 is 11.8 Å². The Labute approximate surface area is 119 Å². The second kappa shape index (κ2) is 6.75. The van der Waals surface area contributed by atoms with Gasteiger partial charge in [-0.2, -0.15) is 16.7 Å². The molecule has 1 heterocycles. The van der Waals surface area contributed by atoms with Gasteiger partial charge in [0.1, 0.15) is 0 Å². The van der Waals surface area contributed by atoms with Crippen LogP contribution in [-0.4, -0.2) is 15.4 Å². The van der Waals surface area contributed by atoms with E-state index in [2.05, 4.69) is 17.1 Å². The average Bonchev–Trinajstić information content (AvgIpc) is 2.87. The predicted octanol–water partition coefficient (Wildman–Crippen LogP) is 3.61. The van der Waals surface area contributed by atoms with E-state index in [0.29, 0.717) is 5.89 Å². The molecule has 1 aliphatic carbocycles. The van der Waals surface area contributed by atoms with E-state index in [0.717, 1.165) is 29.7 Å². The summed E-state index contributed by atoms with van der Waals surface area (Å²) in [6, 6.07) is 0. The van der Waals surface area contributed by atoms with Crippen molar-refractivity contribution in [1.82, 2.24) is 10.1 Å². The minimum atomic E-state index is -0.491. The first-order valence-corrected chi connectivity index (χ1v) is 8.40. The van der Waals surface area contributed by atoms with E-state index in [1.807, 2.05) is 18.7 Å². The molecule has 0 aliphatic heterocycles. The fraction of sp³-hybridized carbons (Fsp3) is 0.857. The van der Waals surface area contributed by atoms with Gasteiger partial charge in [-0.1, -0.05) is 37.8 Å². The lowest BCUT2D eigenvalue weighted by atomic mass is 9.98. The van der Waals surface area contributed by atoms with Crippen molar-refractivity contribution in [3.05, 3.63) is 11.7 Å². The van der Waals surface area contributed by atoms with E-state index in [1.54, 1.807) is 0 Å². The topological polar surface area (TPSA) is 64.9 Å². The van der Waals surface area contributed by atoms with Gasteiger partial charge in [-0.15, -0.1) is 0 Å². The van der Waals surface area contributed by atoms with Gasteiger partial charge >= 0.3 is 0 Å². The Bertz CT molecular complexity index is 386.